The standard InChI is InChI=1S/C15H21N5.ClH/c1-16-13-7-9-19(10-8-13)12-14-11-17-20(18-14)15-5-3-2-4-6-15;/h2-6,11,13,16H,7-10,12H2,1H3;1H. The van der Waals surface area contributed by atoms with Gasteiger partial charge in [0, 0.05) is 25.7 Å². The minimum absolute atomic E-state index is 0. The van der Waals surface area contributed by atoms with Gasteiger partial charge >= 0.3 is 0 Å². The number of hydrogen-bond donors (Lipinski definition) is 1. The molecule has 0 bridgehead atoms. The molecule has 3 rings (SSSR count). The summed E-state index contributed by atoms with van der Waals surface area (Å²) in [7, 11) is 2.05. The van der Waals surface area contributed by atoms with Crippen LogP contribution in [0.15, 0.2) is 36.5 Å². The van der Waals surface area contributed by atoms with Gasteiger partial charge in [-0.2, -0.15) is 15.0 Å². The SMILES string of the molecule is CNC1CCN(Cc2cnn(-c3ccccc3)n2)CC1.Cl. The first kappa shape index (κ1) is 15.9. The molecule has 1 aliphatic heterocycles. The summed E-state index contributed by atoms with van der Waals surface area (Å²) in [4.78, 5) is 4.16. The van der Waals surface area contributed by atoms with Gasteiger partial charge in [0.15, 0.2) is 0 Å². The van der Waals surface area contributed by atoms with Crippen LogP contribution in [-0.4, -0.2) is 46.1 Å². The Hall–Kier alpha value is -1.43. The average Bonchev–Trinajstić information content (AvgIpc) is 2.97. The lowest BCUT2D eigenvalue weighted by Gasteiger charge is -2.30. The molecule has 0 saturated carbocycles. The first-order valence-corrected chi connectivity index (χ1v) is 7.21. The third-order valence-electron chi connectivity index (χ3n) is 3.91. The van der Waals surface area contributed by atoms with E-state index in [1.54, 1.807) is 4.80 Å². The monoisotopic (exact) mass is 307 g/mol. The Morgan fingerprint density at radius 1 is 1.19 bits per heavy atom. The Kier molecular flexibility index (Phi) is 5.73. The zero-order chi connectivity index (χ0) is 13.8. The lowest BCUT2D eigenvalue weighted by Crippen LogP contribution is -2.40. The summed E-state index contributed by atoms with van der Waals surface area (Å²) < 4.78 is 0. The number of likely N-dealkylation sites (tertiary alicyclic amines) is 1. The Morgan fingerprint density at radius 2 is 1.90 bits per heavy atom. The number of hydrogen-bond acceptors (Lipinski definition) is 4. The third-order valence-corrected chi connectivity index (χ3v) is 3.91. The fraction of sp³-hybridized carbons (Fsp3) is 0.467. The molecule has 1 fully saturated rings. The van der Waals surface area contributed by atoms with E-state index in [-0.39, 0.29) is 12.4 Å². The average molecular weight is 308 g/mol. The van der Waals surface area contributed by atoms with Gasteiger partial charge in [0.1, 0.15) is 0 Å². The highest BCUT2D eigenvalue weighted by molar-refractivity contribution is 5.85. The number of halogens is 1. The van der Waals surface area contributed by atoms with Crippen molar-refractivity contribution in [3.63, 3.8) is 0 Å². The van der Waals surface area contributed by atoms with E-state index < -0.39 is 0 Å². The molecule has 1 aliphatic rings. The fourth-order valence-electron chi connectivity index (χ4n) is 2.66. The maximum absolute atomic E-state index is 4.56. The van der Waals surface area contributed by atoms with Crippen molar-refractivity contribution in [1.82, 2.24) is 25.2 Å². The van der Waals surface area contributed by atoms with Crippen LogP contribution in [0.4, 0.5) is 0 Å². The van der Waals surface area contributed by atoms with Gasteiger partial charge in [0.05, 0.1) is 17.6 Å². The van der Waals surface area contributed by atoms with Crippen LogP contribution >= 0.6 is 12.4 Å². The predicted octanol–water partition coefficient (Wildman–Crippen LogP) is 1.87. The molecule has 114 valence electrons. The Bertz CT molecular complexity index is 534. The molecular weight excluding hydrogens is 286 g/mol. The maximum atomic E-state index is 4.56. The van der Waals surface area contributed by atoms with Crippen LogP contribution in [0.5, 0.6) is 0 Å². The van der Waals surface area contributed by atoms with E-state index in [4.69, 9.17) is 0 Å². The predicted molar refractivity (Wildman–Crippen MR) is 86.0 cm³/mol. The van der Waals surface area contributed by atoms with Crippen molar-refractivity contribution in [1.29, 1.82) is 0 Å². The molecule has 6 heteroatoms. The van der Waals surface area contributed by atoms with Crippen LogP contribution in [0.1, 0.15) is 18.5 Å². The molecule has 0 atom stereocenters. The highest BCUT2D eigenvalue weighted by Gasteiger charge is 2.18. The van der Waals surface area contributed by atoms with Crippen molar-refractivity contribution >= 4 is 12.4 Å². The molecule has 21 heavy (non-hydrogen) atoms. The Labute approximate surface area is 131 Å². The van der Waals surface area contributed by atoms with Crippen LogP contribution < -0.4 is 5.32 Å². The van der Waals surface area contributed by atoms with E-state index in [9.17, 15) is 0 Å². The molecule has 0 spiro atoms. The van der Waals surface area contributed by atoms with E-state index in [0.717, 1.165) is 31.0 Å². The number of nitrogens with zero attached hydrogens (tertiary/aromatic N) is 4. The smallest absolute Gasteiger partial charge is 0.0971 e. The molecule has 2 heterocycles. The number of aromatic nitrogens is 3. The lowest BCUT2D eigenvalue weighted by molar-refractivity contribution is 0.192. The maximum Gasteiger partial charge on any atom is 0.0971 e. The van der Waals surface area contributed by atoms with E-state index >= 15 is 0 Å². The van der Waals surface area contributed by atoms with Crippen LogP contribution in [0.25, 0.3) is 5.69 Å². The van der Waals surface area contributed by atoms with Gasteiger partial charge in [-0.25, -0.2) is 0 Å². The van der Waals surface area contributed by atoms with Crippen molar-refractivity contribution < 1.29 is 0 Å². The van der Waals surface area contributed by atoms with E-state index in [2.05, 4.69) is 20.4 Å². The minimum Gasteiger partial charge on any atom is -0.317 e. The molecule has 0 unspecified atom stereocenters. The molecule has 1 saturated heterocycles. The fourth-order valence-corrected chi connectivity index (χ4v) is 2.66. The van der Waals surface area contributed by atoms with Gasteiger partial charge in [-0.1, -0.05) is 18.2 Å². The first-order chi connectivity index (χ1) is 9.85. The molecule has 5 nitrogen and oxygen atoms in total. The second-order valence-electron chi connectivity index (χ2n) is 5.30. The van der Waals surface area contributed by atoms with Crippen molar-refractivity contribution in [3.8, 4) is 5.69 Å². The zero-order valence-electron chi connectivity index (χ0n) is 12.3. The topological polar surface area (TPSA) is 46.0 Å². The van der Waals surface area contributed by atoms with Crippen molar-refractivity contribution in [3.05, 3.63) is 42.2 Å². The number of para-hydroxylation sites is 1. The molecule has 0 radical (unpaired) electrons. The van der Waals surface area contributed by atoms with Gasteiger partial charge in [0.2, 0.25) is 0 Å². The summed E-state index contributed by atoms with van der Waals surface area (Å²) in [6.45, 7) is 3.15. The summed E-state index contributed by atoms with van der Waals surface area (Å²) in [5, 5.41) is 12.3. The van der Waals surface area contributed by atoms with Gasteiger partial charge < -0.3 is 5.32 Å². The molecular formula is C15H22ClN5. The highest BCUT2D eigenvalue weighted by atomic mass is 35.5. The quantitative estimate of drug-likeness (QED) is 0.937. The largest absolute Gasteiger partial charge is 0.317 e. The number of rotatable bonds is 4. The second kappa shape index (κ2) is 7.54. The molecule has 0 amide bonds. The van der Waals surface area contributed by atoms with Gasteiger partial charge in [-0.15, -0.1) is 12.4 Å². The van der Waals surface area contributed by atoms with Crippen LogP contribution in [0.3, 0.4) is 0 Å². The number of nitrogens with one attached hydrogen (secondary N) is 1. The lowest BCUT2D eigenvalue weighted by atomic mass is 10.1. The van der Waals surface area contributed by atoms with Gasteiger partial charge in [-0.05, 0) is 32.0 Å². The van der Waals surface area contributed by atoms with Crippen LogP contribution in [0.2, 0.25) is 0 Å². The Balaban J connectivity index is 0.00000161. The van der Waals surface area contributed by atoms with Crippen molar-refractivity contribution in [2.45, 2.75) is 25.4 Å². The number of benzene rings is 1. The van der Waals surface area contributed by atoms with E-state index in [1.165, 1.54) is 12.8 Å². The summed E-state index contributed by atoms with van der Waals surface area (Å²) in [6.07, 6.45) is 4.30. The molecule has 1 aromatic carbocycles. The van der Waals surface area contributed by atoms with E-state index in [1.807, 2.05) is 43.6 Å². The highest BCUT2D eigenvalue weighted by Crippen LogP contribution is 2.13. The molecule has 0 aliphatic carbocycles. The van der Waals surface area contributed by atoms with E-state index in [0.29, 0.717) is 6.04 Å². The normalized spacial score (nSPS) is 16.6. The first-order valence-electron chi connectivity index (χ1n) is 7.21. The number of piperidine rings is 1. The Morgan fingerprint density at radius 3 is 2.57 bits per heavy atom. The van der Waals surface area contributed by atoms with Crippen LogP contribution in [0, 0.1) is 0 Å². The summed E-state index contributed by atoms with van der Waals surface area (Å²) in [5.74, 6) is 0. The summed E-state index contributed by atoms with van der Waals surface area (Å²) in [5.41, 5.74) is 2.05. The second-order valence-corrected chi connectivity index (χ2v) is 5.30. The summed E-state index contributed by atoms with van der Waals surface area (Å²) in [6, 6.07) is 10.7. The summed E-state index contributed by atoms with van der Waals surface area (Å²) >= 11 is 0. The van der Waals surface area contributed by atoms with Gasteiger partial charge in [-0.3, -0.25) is 4.90 Å². The molecule has 1 N–H and O–H groups in total. The zero-order valence-corrected chi connectivity index (χ0v) is 13.1. The van der Waals surface area contributed by atoms with Crippen LogP contribution in [-0.2, 0) is 6.54 Å². The minimum atomic E-state index is 0. The van der Waals surface area contributed by atoms with Crippen molar-refractivity contribution in [2.75, 3.05) is 20.1 Å². The molecule has 2 aromatic rings. The van der Waals surface area contributed by atoms with Crippen molar-refractivity contribution in [2.24, 2.45) is 0 Å². The van der Waals surface area contributed by atoms with Gasteiger partial charge in [0.25, 0.3) is 0 Å². The molecule has 1 aromatic heterocycles. The third kappa shape index (κ3) is 4.03.